The Hall–Kier alpha value is -2.01. The first-order chi connectivity index (χ1) is 10.0. The topological polar surface area (TPSA) is 55.6 Å². The largest absolute Gasteiger partial charge is 0.496 e. The number of nitrogen functional groups attached to an aromatic ring is 1. The third kappa shape index (κ3) is 3.76. The summed E-state index contributed by atoms with van der Waals surface area (Å²) in [6.45, 7) is 0.464. The van der Waals surface area contributed by atoms with Crippen LogP contribution in [0.15, 0.2) is 46.9 Å². The molecular formula is C16H17BrN2O2. The molecule has 2 aromatic rings. The van der Waals surface area contributed by atoms with Crippen LogP contribution >= 0.6 is 15.9 Å². The highest BCUT2D eigenvalue weighted by Gasteiger charge is 2.14. The Kier molecular flexibility index (Phi) is 4.85. The third-order valence-electron chi connectivity index (χ3n) is 3.15. The molecule has 0 saturated heterocycles. The maximum Gasteiger partial charge on any atom is 0.253 e. The Balaban J connectivity index is 2.17. The second kappa shape index (κ2) is 6.63. The van der Waals surface area contributed by atoms with Crippen LogP contribution in [-0.2, 0) is 6.54 Å². The molecule has 110 valence electrons. The molecule has 0 heterocycles. The summed E-state index contributed by atoms with van der Waals surface area (Å²) in [7, 11) is 3.38. The fraction of sp³-hybridized carbons (Fsp3) is 0.188. The van der Waals surface area contributed by atoms with Gasteiger partial charge in [-0.25, -0.2) is 0 Å². The summed E-state index contributed by atoms with van der Waals surface area (Å²) in [5.74, 6) is 0.701. The van der Waals surface area contributed by atoms with Crippen LogP contribution in [-0.4, -0.2) is 25.0 Å². The molecule has 0 aliphatic heterocycles. The standard InChI is InChI=1S/C16H17BrN2O2/c1-19(16(20)11-3-6-14(18)7-4-11)10-12-9-13(17)5-8-15(12)21-2/h3-9H,10,18H2,1-2H3. The maximum absolute atomic E-state index is 12.4. The van der Waals surface area contributed by atoms with Crippen LogP contribution in [0.25, 0.3) is 0 Å². The molecular weight excluding hydrogens is 332 g/mol. The van der Waals surface area contributed by atoms with Gasteiger partial charge in [0.15, 0.2) is 0 Å². The first kappa shape index (κ1) is 15.4. The zero-order valence-electron chi connectivity index (χ0n) is 12.0. The second-order valence-electron chi connectivity index (χ2n) is 4.74. The molecule has 5 heteroatoms. The van der Waals surface area contributed by atoms with E-state index in [0.29, 0.717) is 17.8 Å². The van der Waals surface area contributed by atoms with Gasteiger partial charge in [0, 0.05) is 34.9 Å². The summed E-state index contributed by atoms with van der Waals surface area (Å²) < 4.78 is 6.28. The van der Waals surface area contributed by atoms with Crippen LogP contribution in [0.3, 0.4) is 0 Å². The van der Waals surface area contributed by atoms with E-state index >= 15 is 0 Å². The minimum Gasteiger partial charge on any atom is -0.496 e. The van der Waals surface area contributed by atoms with Gasteiger partial charge in [-0.05, 0) is 42.5 Å². The van der Waals surface area contributed by atoms with Gasteiger partial charge in [0.25, 0.3) is 5.91 Å². The van der Waals surface area contributed by atoms with Crippen molar-refractivity contribution in [3.05, 3.63) is 58.1 Å². The number of benzene rings is 2. The van der Waals surface area contributed by atoms with Gasteiger partial charge in [0.1, 0.15) is 5.75 Å². The number of carbonyl (C=O) groups is 1. The molecule has 0 unspecified atom stereocenters. The number of rotatable bonds is 4. The molecule has 0 aliphatic rings. The van der Waals surface area contributed by atoms with E-state index in [2.05, 4.69) is 15.9 Å². The van der Waals surface area contributed by atoms with Crippen LogP contribution in [0, 0.1) is 0 Å². The van der Waals surface area contributed by atoms with E-state index in [-0.39, 0.29) is 5.91 Å². The predicted octanol–water partition coefficient (Wildman–Crippen LogP) is 3.31. The Labute approximate surface area is 132 Å². The number of hydrogen-bond acceptors (Lipinski definition) is 3. The van der Waals surface area contributed by atoms with Gasteiger partial charge in [0.05, 0.1) is 7.11 Å². The smallest absolute Gasteiger partial charge is 0.253 e. The molecule has 1 amide bonds. The fourth-order valence-electron chi connectivity index (χ4n) is 2.04. The van der Waals surface area contributed by atoms with Gasteiger partial charge in [-0.2, -0.15) is 0 Å². The minimum atomic E-state index is -0.0583. The SMILES string of the molecule is COc1ccc(Br)cc1CN(C)C(=O)c1ccc(N)cc1. The minimum absolute atomic E-state index is 0.0583. The third-order valence-corrected chi connectivity index (χ3v) is 3.65. The molecule has 2 rings (SSSR count). The first-order valence-electron chi connectivity index (χ1n) is 6.44. The van der Waals surface area contributed by atoms with E-state index in [1.807, 2.05) is 18.2 Å². The number of anilines is 1. The summed E-state index contributed by atoms with van der Waals surface area (Å²) in [6.07, 6.45) is 0. The molecule has 2 aromatic carbocycles. The zero-order valence-corrected chi connectivity index (χ0v) is 13.6. The highest BCUT2D eigenvalue weighted by molar-refractivity contribution is 9.10. The molecule has 0 fully saturated rings. The summed E-state index contributed by atoms with van der Waals surface area (Å²) in [5.41, 5.74) is 7.83. The van der Waals surface area contributed by atoms with Crippen LogP contribution < -0.4 is 10.5 Å². The lowest BCUT2D eigenvalue weighted by Crippen LogP contribution is -2.26. The number of carbonyl (C=O) groups excluding carboxylic acids is 1. The number of amides is 1. The number of ether oxygens (including phenoxy) is 1. The van der Waals surface area contributed by atoms with Crippen molar-refractivity contribution in [3.63, 3.8) is 0 Å². The number of halogens is 1. The zero-order chi connectivity index (χ0) is 15.4. The molecule has 0 radical (unpaired) electrons. The lowest BCUT2D eigenvalue weighted by molar-refractivity contribution is 0.0784. The highest BCUT2D eigenvalue weighted by Crippen LogP contribution is 2.24. The Morgan fingerprint density at radius 2 is 1.90 bits per heavy atom. The van der Waals surface area contributed by atoms with Gasteiger partial charge >= 0.3 is 0 Å². The van der Waals surface area contributed by atoms with Crippen molar-refractivity contribution in [2.24, 2.45) is 0 Å². The maximum atomic E-state index is 12.4. The molecule has 0 saturated carbocycles. The van der Waals surface area contributed by atoms with E-state index in [1.54, 1.807) is 43.3 Å². The number of nitrogens with two attached hydrogens (primary N) is 1. The average molecular weight is 349 g/mol. The van der Waals surface area contributed by atoms with Crippen molar-refractivity contribution >= 4 is 27.5 Å². The fourth-order valence-corrected chi connectivity index (χ4v) is 2.45. The van der Waals surface area contributed by atoms with Crippen LogP contribution in [0.5, 0.6) is 5.75 Å². The van der Waals surface area contributed by atoms with E-state index in [9.17, 15) is 4.79 Å². The number of hydrogen-bond donors (Lipinski definition) is 1. The molecule has 21 heavy (non-hydrogen) atoms. The van der Waals surface area contributed by atoms with E-state index in [1.165, 1.54) is 0 Å². The van der Waals surface area contributed by atoms with Gasteiger partial charge < -0.3 is 15.4 Å². The van der Waals surface area contributed by atoms with Crippen LogP contribution in [0.4, 0.5) is 5.69 Å². The van der Waals surface area contributed by atoms with Crippen LogP contribution in [0.1, 0.15) is 15.9 Å². The van der Waals surface area contributed by atoms with Crippen molar-refractivity contribution in [2.45, 2.75) is 6.54 Å². The Morgan fingerprint density at radius 3 is 2.52 bits per heavy atom. The van der Waals surface area contributed by atoms with Crippen LogP contribution in [0.2, 0.25) is 0 Å². The van der Waals surface area contributed by atoms with Gasteiger partial charge in [0.2, 0.25) is 0 Å². The number of nitrogens with zero attached hydrogens (tertiary/aromatic N) is 1. The molecule has 0 aromatic heterocycles. The lowest BCUT2D eigenvalue weighted by Gasteiger charge is -2.19. The van der Waals surface area contributed by atoms with Crippen molar-refractivity contribution < 1.29 is 9.53 Å². The van der Waals surface area contributed by atoms with Gasteiger partial charge in [-0.1, -0.05) is 15.9 Å². The lowest BCUT2D eigenvalue weighted by atomic mass is 10.1. The van der Waals surface area contributed by atoms with Gasteiger partial charge in [-0.15, -0.1) is 0 Å². The highest BCUT2D eigenvalue weighted by atomic mass is 79.9. The average Bonchev–Trinajstić information content (AvgIpc) is 2.47. The summed E-state index contributed by atoms with van der Waals surface area (Å²) in [4.78, 5) is 14.0. The summed E-state index contributed by atoms with van der Waals surface area (Å²) >= 11 is 3.43. The van der Waals surface area contributed by atoms with Crippen molar-refractivity contribution in [2.75, 3.05) is 19.9 Å². The molecule has 0 aliphatic carbocycles. The number of methoxy groups -OCH3 is 1. The van der Waals surface area contributed by atoms with E-state index in [0.717, 1.165) is 15.8 Å². The summed E-state index contributed by atoms with van der Waals surface area (Å²) in [5, 5.41) is 0. The Bertz CT molecular complexity index is 641. The summed E-state index contributed by atoms with van der Waals surface area (Å²) in [6, 6.07) is 12.6. The van der Waals surface area contributed by atoms with Crippen molar-refractivity contribution in [1.82, 2.24) is 4.90 Å². The molecule has 0 spiro atoms. The predicted molar refractivity (Wildman–Crippen MR) is 87.3 cm³/mol. The van der Waals surface area contributed by atoms with Crippen molar-refractivity contribution in [1.29, 1.82) is 0 Å². The molecule has 4 nitrogen and oxygen atoms in total. The Morgan fingerprint density at radius 1 is 1.24 bits per heavy atom. The van der Waals surface area contributed by atoms with Crippen molar-refractivity contribution in [3.8, 4) is 5.75 Å². The first-order valence-corrected chi connectivity index (χ1v) is 7.24. The normalized spacial score (nSPS) is 10.2. The van der Waals surface area contributed by atoms with Gasteiger partial charge in [-0.3, -0.25) is 4.79 Å². The molecule has 0 bridgehead atoms. The molecule has 0 atom stereocenters. The van der Waals surface area contributed by atoms with E-state index in [4.69, 9.17) is 10.5 Å². The second-order valence-corrected chi connectivity index (χ2v) is 5.66. The molecule has 2 N–H and O–H groups in total. The van der Waals surface area contributed by atoms with E-state index < -0.39 is 0 Å². The quantitative estimate of drug-likeness (QED) is 0.862. The monoisotopic (exact) mass is 348 g/mol.